The number of fused-ring (bicyclic) bond motifs is 1. The molecule has 0 aromatic heterocycles. The van der Waals surface area contributed by atoms with Gasteiger partial charge in [0.2, 0.25) is 10.0 Å². The van der Waals surface area contributed by atoms with E-state index in [0.29, 0.717) is 6.54 Å². The number of sulfonamides is 1. The van der Waals surface area contributed by atoms with Crippen molar-refractivity contribution in [2.24, 2.45) is 5.92 Å². The molecule has 6 aromatic carbocycles. The van der Waals surface area contributed by atoms with Crippen LogP contribution >= 0.6 is 0 Å². The fraction of sp³-hybridized carbons (Fsp3) is 0.244. The summed E-state index contributed by atoms with van der Waals surface area (Å²) in [7, 11) is -1.51. The Morgan fingerprint density at radius 2 is 1.42 bits per heavy atom. The van der Waals surface area contributed by atoms with E-state index in [0.717, 1.165) is 33.4 Å². The fourth-order valence-electron chi connectivity index (χ4n) is 7.12. The molecule has 1 saturated heterocycles. The van der Waals surface area contributed by atoms with Crippen LogP contribution < -0.4 is 4.72 Å². The molecule has 0 unspecified atom stereocenters. The van der Waals surface area contributed by atoms with E-state index in [1.807, 2.05) is 72.8 Å². The molecule has 0 spiro atoms. The lowest BCUT2D eigenvalue weighted by atomic mass is 9.89. The SMILES string of the molecule is C[C@H]1[C@@H](CN(C)[C@H](C)c2ccc3ccccc3c2)O[C@@H](c2ccc(-c3ccccc3CNS(=O)(=O)c3ccccc3)cc2)O[C@H]1c1ccc(CO)cc1. The molecule has 5 atom stereocenters. The van der Waals surface area contributed by atoms with Gasteiger partial charge in [-0.25, -0.2) is 13.1 Å². The van der Waals surface area contributed by atoms with E-state index in [1.165, 1.54) is 16.3 Å². The number of ether oxygens (including phenoxy) is 2. The van der Waals surface area contributed by atoms with Crippen LogP contribution in [0.1, 0.15) is 60.1 Å². The lowest BCUT2D eigenvalue weighted by Crippen LogP contribution is -2.44. The van der Waals surface area contributed by atoms with Crippen LogP contribution in [-0.2, 0) is 32.6 Å². The molecule has 1 fully saturated rings. The van der Waals surface area contributed by atoms with Gasteiger partial charge in [-0.15, -0.1) is 0 Å². The monoisotopic (exact) mass is 726 g/mol. The molecule has 0 radical (unpaired) electrons. The van der Waals surface area contributed by atoms with E-state index in [-0.39, 0.29) is 42.2 Å². The zero-order chi connectivity index (χ0) is 37.0. The minimum absolute atomic E-state index is 0.0123. The molecule has 6 aromatic rings. The molecule has 0 bridgehead atoms. The number of aliphatic hydroxyl groups excluding tert-OH is 1. The highest BCUT2D eigenvalue weighted by atomic mass is 32.2. The predicted molar refractivity (Wildman–Crippen MR) is 210 cm³/mol. The highest BCUT2D eigenvalue weighted by Crippen LogP contribution is 2.42. The predicted octanol–water partition coefficient (Wildman–Crippen LogP) is 8.96. The van der Waals surface area contributed by atoms with Gasteiger partial charge in [-0.05, 0) is 76.3 Å². The summed E-state index contributed by atoms with van der Waals surface area (Å²) in [5.74, 6) is 0.0447. The summed E-state index contributed by atoms with van der Waals surface area (Å²) in [5, 5.41) is 12.1. The molecule has 7 rings (SSSR count). The number of nitrogens with zero attached hydrogens (tertiary/aromatic N) is 1. The van der Waals surface area contributed by atoms with Gasteiger partial charge in [0.15, 0.2) is 6.29 Å². The van der Waals surface area contributed by atoms with Crippen LogP contribution in [0.2, 0.25) is 0 Å². The first kappa shape index (κ1) is 36.7. The Kier molecular flexibility index (Phi) is 11.2. The van der Waals surface area contributed by atoms with E-state index in [4.69, 9.17) is 9.47 Å². The van der Waals surface area contributed by atoms with Crippen LogP contribution in [-0.4, -0.2) is 38.1 Å². The zero-order valence-corrected chi connectivity index (χ0v) is 31.1. The molecule has 1 aliphatic heterocycles. The molecule has 272 valence electrons. The molecule has 1 heterocycles. The minimum Gasteiger partial charge on any atom is -0.392 e. The van der Waals surface area contributed by atoms with Crippen molar-refractivity contribution in [1.82, 2.24) is 9.62 Å². The van der Waals surface area contributed by atoms with Crippen molar-refractivity contribution >= 4 is 20.8 Å². The molecule has 2 N–H and O–H groups in total. The third-order valence-electron chi connectivity index (χ3n) is 10.5. The summed E-state index contributed by atoms with van der Waals surface area (Å²) in [5.41, 5.74) is 6.82. The van der Waals surface area contributed by atoms with E-state index in [2.05, 4.69) is 73.0 Å². The van der Waals surface area contributed by atoms with Gasteiger partial charge < -0.3 is 14.6 Å². The highest BCUT2D eigenvalue weighted by molar-refractivity contribution is 7.89. The van der Waals surface area contributed by atoms with E-state index in [9.17, 15) is 13.5 Å². The second-order valence-corrected chi connectivity index (χ2v) is 15.7. The lowest BCUT2D eigenvalue weighted by Gasteiger charge is -2.43. The molecule has 1 aliphatic rings. The van der Waals surface area contributed by atoms with Crippen molar-refractivity contribution < 1.29 is 23.0 Å². The molecule has 0 amide bonds. The Bertz CT molecular complexity index is 2240. The first-order valence-electron chi connectivity index (χ1n) is 18.1. The van der Waals surface area contributed by atoms with Crippen molar-refractivity contribution in [1.29, 1.82) is 0 Å². The van der Waals surface area contributed by atoms with Crippen LogP contribution in [0.3, 0.4) is 0 Å². The van der Waals surface area contributed by atoms with Gasteiger partial charge in [0.1, 0.15) is 0 Å². The Morgan fingerprint density at radius 3 is 2.15 bits per heavy atom. The summed E-state index contributed by atoms with van der Waals surface area (Å²) < 4.78 is 42.2. The fourth-order valence-corrected chi connectivity index (χ4v) is 8.15. The molecule has 0 saturated carbocycles. The van der Waals surface area contributed by atoms with Crippen LogP contribution in [0.15, 0.2) is 150 Å². The van der Waals surface area contributed by atoms with Crippen LogP contribution in [0, 0.1) is 5.92 Å². The number of hydrogen-bond acceptors (Lipinski definition) is 6. The third-order valence-corrected chi connectivity index (χ3v) is 11.9. The van der Waals surface area contributed by atoms with Crippen molar-refractivity contribution in [2.75, 3.05) is 13.6 Å². The van der Waals surface area contributed by atoms with Gasteiger partial charge in [0.05, 0.1) is 23.7 Å². The molecule has 53 heavy (non-hydrogen) atoms. The molecule has 0 aliphatic carbocycles. The summed E-state index contributed by atoms with van der Waals surface area (Å²) in [4.78, 5) is 2.59. The number of hydrogen-bond donors (Lipinski definition) is 2. The lowest BCUT2D eigenvalue weighted by molar-refractivity contribution is -0.276. The number of nitrogens with one attached hydrogen (secondary N) is 1. The second kappa shape index (κ2) is 16.1. The van der Waals surface area contributed by atoms with E-state index < -0.39 is 16.3 Å². The number of rotatable bonds is 12. The maximum Gasteiger partial charge on any atom is 0.240 e. The van der Waals surface area contributed by atoms with Crippen molar-refractivity contribution in [3.8, 4) is 11.1 Å². The number of aliphatic hydroxyl groups is 1. The van der Waals surface area contributed by atoms with Gasteiger partial charge in [-0.2, -0.15) is 0 Å². The zero-order valence-electron chi connectivity index (χ0n) is 30.3. The summed E-state index contributed by atoms with van der Waals surface area (Å²) in [6, 6.07) is 47.6. The van der Waals surface area contributed by atoms with Crippen molar-refractivity contribution in [3.63, 3.8) is 0 Å². The number of benzene rings is 6. The van der Waals surface area contributed by atoms with Crippen LogP contribution in [0.5, 0.6) is 0 Å². The normalized spacial score (nSPS) is 19.7. The maximum absolute atomic E-state index is 13.0. The van der Waals surface area contributed by atoms with Gasteiger partial charge in [-0.1, -0.05) is 134 Å². The number of likely N-dealkylation sites (N-methyl/N-ethyl adjacent to an activating group) is 1. The maximum atomic E-state index is 13.0. The van der Waals surface area contributed by atoms with Crippen molar-refractivity contribution in [3.05, 3.63) is 173 Å². The quantitative estimate of drug-likeness (QED) is 0.131. The van der Waals surface area contributed by atoms with Crippen LogP contribution in [0.4, 0.5) is 0 Å². The summed E-state index contributed by atoms with van der Waals surface area (Å²) in [6.07, 6.45) is -0.971. The van der Waals surface area contributed by atoms with Gasteiger partial charge in [-0.3, -0.25) is 4.90 Å². The standard InChI is InChI=1S/C45H46N2O5S/c1-31-43(29-47(3)32(2)38-26-21-34-11-7-8-12-39(34)27-38)51-45(52-44(31)36-19-17-33(30-48)18-20-36)37-24-22-35(23-25-37)42-16-10-9-13-40(42)28-46-53(49,50)41-14-5-4-6-15-41/h4-27,31-32,43-46,48H,28-30H2,1-3H3/t31-,32+,43+,44+,45+/m0/s1. The van der Waals surface area contributed by atoms with Gasteiger partial charge >= 0.3 is 0 Å². The summed E-state index contributed by atoms with van der Waals surface area (Å²) in [6.45, 7) is 5.27. The Morgan fingerprint density at radius 1 is 0.755 bits per heavy atom. The van der Waals surface area contributed by atoms with Gasteiger partial charge in [0, 0.05) is 30.6 Å². The van der Waals surface area contributed by atoms with Crippen LogP contribution in [0.25, 0.3) is 21.9 Å². The smallest absolute Gasteiger partial charge is 0.240 e. The molecular formula is C45H46N2O5S. The first-order valence-corrected chi connectivity index (χ1v) is 19.6. The first-order chi connectivity index (χ1) is 25.7. The second-order valence-electron chi connectivity index (χ2n) is 14.0. The third kappa shape index (κ3) is 8.29. The molecular weight excluding hydrogens is 681 g/mol. The van der Waals surface area contributed by atoms with E-state index >= 15 is 0 Å². The Balaban J connectivity index is 1.12. The topological polar surface area (TPSA) is 88.1 Å². The highest BCUT2D eigenvalue weighted by Gasteiger charge is 2.39. The Hall–Kier alpha value is -4.67. The average molecular weight is 727 g/mol. The Labute approximate surface area is 312 Å². The largest absolute Gasteiger partial charge is 0.392 e. The minimum atomic E-state index is -3.66. The summed E-state index contributed by atoms with van der Waals surface area (Å²) >= 11 is 0. The van der Waals surface area contributed by atoms with E-state index in [1.54, 1.807) is 30.3 Å². The molecule has 7 nitrogen and oxygen atoms in total. The molecule has 8 heteroatoms. The van der Waals surface area contributed by atoms with Crippen molar-refractivity contribution in [2.45, 2.75) is 56.4 Å². The van der Waals surface area contributed by atoms with Gasteiger partial charge in [0.25, 0.3) is 0 Å². The average Bonchev–Trinajstić information content (AvgIpc) is 3.21.